The van der Waals surface area contributed by atoms with Crippen molar-refractivity contribution in [3.63, 3.8) is 0 Å². The van der Waals surface area contributed by atoms with Gasteiger partial charge in [0.25, 0.3) is 0 Å². The molecule has 0 amide bonds. The van der Waals surface area contributed by atoms with Crippen LogP contribution in [0.5, 0.6) is 17.2 Å². The zero-order valence-electron chi connectivity index (χ0n) is 12.6. The molecule has 0 aliphatic heterocycles. The van der Waals surface area contributed by atoms with Crippen LogP contribution in [-0.2, 0) is 13.0 Å². The van der Waals surface area contributed by atoms with E-state index in [9.17, 15) is 0 Å². The molecule has 0 atom stereocenters. The van der Waals surface area contributed by atoms with E-state index >= 15 is 0 Å². The monoisotopic (exact) mass is 349 g/mol. The van der Waals surface area contributed by atoms with E-state index in [1.807, 2.05) is 37.4 Å². The van der Waals surface area contributed by atoms with E-state index < -0.39 is 0 Å². The first-order valence-electron chi connectivity index (χ1n) is 6.95. The molecule has 112 valence electrons. The second kappa shape index (κ2) is 7.48. The van der Waals surface area contributed by atoms with Crippen LogP contribution in [0, 0.1) is 0 Å². The van der Waals surface area contributed by atoms with Gasteiger partial charge in [0.05, 0.1) is 7.11 Å². The van der Waals surface area contributed by atoms with Crippen LogP contribution in [0.4, 0.5) is 0 Å². The summed E-state index contributed by atoms with van der Waals surface area (Å²) >= 11 is 3.49. The first-order chi connectivity index (χ1) is 10.2. The maximum atomic E-state index is 6.07. The van der Waals surface area contributed by atoms with E-state index in [1.54, 1.807) is 7.11 Å². The van der Waals surface area contributed by atoms with Crippen molar-refractivity contribution in [2.75, 3.05) is 14.2 Å². The van der Waals surface area contributed by atoms with Crippen molar-refractivity contribution >= 4 is 15.9 Å². The summed E-state index contributed by atoms with van der Waals surface area (Å²) in [5, 5.41) is 3.15. The zero-order chi connectivity index (χ0) is 15.2. The lowest BCUT2D eigenvalue weighted by molar-refractivity contribution is 0.377. The van der Waals surface area contributed by atoms with Gasteiger partial charge in [-0.1, -0.05) is 35.0 Å². The minimum atomic E-state index is 0.727. The molecule has 2 aromatic carbocycles. The molecule has 3 nitrogen and oxygen atoms in total. The van der Waals surface area contributed by atoms with E-state index in [-0.39, 0.29) is 0 Å². The van der Waals surface area contributed by atoms with Crippen LogP contribution < -0.4 is 14.8 Å². The van der Waals surface area contributed by atoms with Crippen LogP contribution in [0.2, 0.25) is 0 Å². The molecule has 0 spiro atoms. The Morgan fingerprint density at radius 1 is 1.05 bits per heavy atom. The molecule has 0 unspecified atom stereocenters. The number of benzene rings is 2. The fourth-order valence-corrected chi connectivity index (χ4v) is 2.43. The average Bonchev–Trinajstić information content (AvgIpc) is 2.50. The van der Waals surface area contributed by atoms with Gasteiger partial charge in [-0.2, -0.15) is 0 Å². The highest BCUT2D eigenvalue weighted by Gasteiger charge is 2.10. The van der Waals surface area contributed by atoms with E-state index in [1.165, 1.54) is 5.56 Å². The van der Waals surface area contributed by atoms with Gasteiger partial charge in [0, 0.05) is 16.6 Å². The Bertz CT molecular complexity index is 614. The molecule has 0 heterocycles. The molecular weight excluding hydrogens is 330 g/mol. The minimum absolute atomic E-state index is 0.727. The minimum Gasteiger partial charge on any atom is -0.493 e. The molecule has 1 N–H and O–H groups in total. The Labute approximate surface area is 134 Å². The number of nitrogens with one attached hydrogen (secondary N) is 1. The third kappa shape index (κ3) is 3.99. The largest absolute Gasteiger partial charge is 0.493 e. The Morgan fingerprint density at radius 2 is 1.86 bits per heavy atom. The number of ether oxygens (including phenoxy) is 2. The molecule has 0 saturated carbocycles. The lowest BCUT2D eigenvalue weighted by Crippen LogP contribution is -2.06. The Morgan fingerprint density at radius 3 is 2.52 bits per heavy atom. The Balaban J connectivity index is 2.35. The second-order valence-electron chi connectivity index (χ2n) is 4.72. The number of halogens is 1. The van der Waals surface area contributed by atoms with Crippen molar-refractivity contribution in [1.29, 1.82) is 0 Å². The summed E-state index contributed by atoms with van der Waals surface area (Å²) in [7, 11) is 3.58. The molecule has 0 aliphatic rings. The molecule has 0 radical (unpaired) electrons. The summed E-state index contributed by atoms with van der Waals surface area (Å²) in [6.45, 7) is 2.87. The predicted molar refractivity (Wildman–Crippen MR) is 89.4 cm³/mol. The SMILES string of the molecule is CCc1ccc(Oc2cc(Br)ccc2CNC)c(OC)c1. The van der Waals surface area contributed by atoms with Crippen molar-refractivity contribution < 1.29 is 9.47 Å². The second-order valence-corrected chi connectivity index (χ2v) is 5.64. The molecular formula is C17H20BrNO2. The molecule has 0 aliphatic carbocycles. The van der Waals surface area contributed by atoms with Gasteiger partial charge in [-0.15, -0.1) is 0 Å². The molecule has 0 bridgehead atoms. The molecule has 21 heavy (non-hydrogen) atoms. The highest BCUT2D eigenvalue weighted by Crippen LogP contribution is 2.35. The van der Waals surface area contributed by atoms with Crippen molar-refractivity contribution in [2.45, 2.75) is 19.9 Å². The van der Waals surface area contributed by atoms with Crippen molar-refractivity contribution in [3.8, 4) is 17.2 Å². The highest BCUT2D eigenvalue weighted by atomic mass is 79.9. The number of hydrogen-bond acceptors (Lipinski definition) is 3. The standard InChI is InChI=1S/C17H20BrNO2/c1-4-12-5-8-15(17(9-12)20-3)21-16-10-14(18)7-6-13(16)11-19-2/h5-10,19H,4,11H2,1-3H3. The predicted octanol–water partition coefficient (Wildman–Crippen LogP) is 4.53. The first kappa shape index (κ1) is 15.9. The van der Waals surface area contributed by atoms with E-state index in [0.29, 0.717) is 0 Å². The third-order valence-electron chi connectivity index (χ3n) is 3.25. The van der Waals surface area contributed by atoms with Crippen molar-refractivity contribution in [1.82, 2.24) is 5.32 Å². The van der Waals surface area contributed by atoms with Crippen LogP contribution in [0.3, 0.4) is 0 Å². The molecule has 2 aromatic rings. The van der Waals surface area contributed by atoms with Crippen molar-refractivity contribution in [2.24, 2.45) is 0 Å². The summed E-state index contributed by atoms with van der Waals surface area (Å²) in [5.74, 6) is 2.30. The van der Waals surface area contributed by atoms with E-state index in [0.717, 1.165) is 40.3 Å². The van der Waals surface area contributed by atoms with Crippen LogP contribution in [0.15, 0.2) is 40.9 Å². The van der Waals surface area contributed by atoms with Gasteiger partial charge in [0.1, 0.15) is 5.75 Å². The van der Waals surface area contributed by atoms with Crippen LogP contribution >= 0.6 is 15.9 Å². The fraction of sp³-hybridized carbons (Fsp3) is 0.294. The first-order valence-corrected chi connectivity index (χ1v) is 7.75. The van der Waals surface area contributed by atoms with Crippen LogP contribution in [0.25, 0.3) is 0 Å². The zero-order valence-corrected chi connectivity index (χ0v) is 14.2. The Kier molecular flexibility index (Phi) is 5.65. The molecule has 4 heteroatoms. The lowest BCUT2D eigenvalue weighted by Gasteiger charge is -2.14. The van der Waals surface area contributed by atoms with Gasteiger partial charge in [-0.3, -0.25) is 0 Å². The van der Waals surface area contributed by atoms with Crippen LogP contribution in [0.1, 0.15) is 18.1 Å². The summed E-state index contributed by atoms with van der Waals surface area (Å²) in [6.07, 6.45) is 0.971. The van der Waals surface area contributed by atoms with Gasteiger partial charge < -0.3 is 14.8 Å². The molecule has 0 fully saturated rings. The molecule has 0 saturated heterocycles. The lowest BCUT2D eigenvalue weighted by atomic mass is 10.1. The third-order valence-corrected chi connectivity index (χ3v) is 3.75. The maximum absolute atomic E-state index is 6.07. The quantitative estimate of drug-likeness (QED) is 0.830. The van der Waals surface area contributed by atoms with Gasteiger partial charge in [0.2, 0.25) is 0 Å². The maximum Gasteiger partial charge on any atom is 0.169 e. The Hall–Kier alpha value is -1.52. The summed E-state index contributed by atoms with van der Waals surface area (Å²) < 4.78 is 12.5. The highest BCUT2D eigenvalue weighted by molar-refractivity contribution is 9.10. The smallest absolute Gasteiger partial charge is 0.169 e. The van der Waals surface area contributed by atoms with Gasteiger partial charge in [-0.25, -0.2) is 0 Å². The summed E-state index contributed by atoms with van der Waals surface area (Å²) in [4.78, 5) is 0. The number of aryl methyl sites for hydroxylation is 1. The average molecular weight is 350 g/mol. The fourth-order valence-electron chi connectivity index (χ4n) is 2.09. The van der Waals surface area contributed by atoms with E-state index in [4.69, 9.17) is 9.47 Å². The number of rotatable bonds is 6. The molecule has 0 aromatic heterocycles. The van der Waals surface area contributed by atoms with Gasteiger partial charge >= 0.3 is 0 Å². The van der Waals surface area contributed by atoms with Crippen LogP contribution in [-0.4, -0.2) is 14.2 Å². The molecule has 2 rings (SSSR count). The number of methoxy groups -OCH3 is 1. The topological polar surface area (TPSA) is 30.5 Å². The van der Waals surface area contributed by atoms with Gasteiger partial charge in [-0.05, 0) is 43.3 Å². The van der Waals surface area contributed by atoms with E-state index in [2.05, 4.69) is 34.2 Å². The van der Waals surface area contributed by atoms with Gasteiger partial charge in [0.15, 0.2) is 11.5 Å². The number of hydrogen-bond donors (Lipinski definition) is 1. The summed E-state index contributed by atoms with van der Waals surface area (Å²) in [6, 6.07) is 12.1. The summed E-state index contributed by atoms with van der Waals surface area (Å²) in [5.41, 5.74) is 2.33. The van der Waals surface area contributed by atoms with Crippen molar-refractivity contribution in [3.05, 3.63) is 52.0 Å². The normalized spacial score (nSPS) is 10.5.